The Morgan fingerprint density at radius 2 is 2.00 bits per heavy atom. The molecule has 1 N–H and O–H groups in total. The van der Waals surface area contributed by atoms with Crippen molar-refractivity contribution in [2.45, 2.75) is 57.7 Å². The first-order chi connectivity index (χ1) is 12.1. The van der Waals surface area contributed by atoms with Crippen molar-refractivity contribution in [2.75, 3.05) is 6.54 Å². The minimum atomic E-state index is -0.918. The number of carbonyl (C=O) groups excluding carboxylic acids is 2. The number of nitrogens with one attached hydrogen (secondary N) is 1. The molecule has 0 bridgehead atoms. The fourth-order valence-corrected chi connectivity index (χ4v) is 3.55. The zero-order valence-electron chi connectivity index (χ0n) is 15.5. The van der Waals surface area contributed by atoms with Gasteiger partial charge in [0.2, 0.25) is 0 Å². The van der Waals surface area contributed by atoms with Gasteiger partial charge in [-0.2, -0.15) is 4.99 Å². The molecule has 0 aliphatic carbocycles. The summed E-state index contributed by atoms with van der Waals surface area (Å²) in [5.74, 6) is 0.301. The van der Waals surface area contributed by atoms with Crippen molar-refractivity contribution in [1.82, 2.24) is 10.2 Å². The number of halogens is 1. The number of carbonyl (C=O) groups is 2. The van der Waals surface area contributed by atoms with Crippen LogP contribution in [0.25, 0.3) is 0 Å². The standard InChI is InChI=1S/C19H24BrN3O3/c1-18(2,3)26-17(25)23-11-5-6-14(23)15-21-16(24)19(4,22-15)12-7-9-13(20)10-8-12/h7-10,14H,5-6,11H2,1-4H3,(H,21,22,24)/t14-,19?/m0/s1. The number of nitrogens with zero attached hydrogens (tertiary/aromatic N) is 2. The number of aliphatic imine (C=N–C) groups is 1. The van der Waals surface area contributed by atoms with Gasteiger partial charge in [-0.1, -0.05) is 28.1 Å². The normalized spacial score (nSPS) is 25.9. The maximum absolute atomic E-state index is 12.7. The van der Waals surface area contributed by atoms with Gasteiger partial charge in [0.1, 0.15) is 17.0 Å². The first-order valence-corrected chi connectivity index (χ1v) is 9.56. The number of hydrogen-bond donors (Lipinski definition) is 1. The largest absolute Gasteiger partial charge is 0.444 e. The molecule has 0 aromatic heterocycles. The van der Waals surface area contributed by atoms with Crippen molar-refractivity contribution in [2.24, 2.45) is 4.99 Å². The van der Waals surface area contributed by atoms with Gasteiger partial charge in [0, 0.05) is 11.0 Å². The lowest BCUT2D eigenvalue weighted by molar-refractivity contribution is -0.122. The summed E-state index contributed by atoms with van der Waals surface area (Å²) in [4.78, 5) is 31.1. The Morgan fingerprint density at radius 3 is 2.62 bits per heavy atom. The molecule has 7 heteroatoms. The van der Waals surface area contributed by atoms with Crippen LogP contribution in [0, 0.1) is 0 Å². The molecule has 1 aromatic rings. The second-order valence-corrected chi connectivity index (χ2v) is 8.81. The predicted octanol–water partition coefficient (Wildman–Crippen LogP) is 3.59. The Balaban J connectivity index is 1.80. The van der Waals surface area contributed by atoms with E-state index in [1.165, 1.54) is 0 Å². The van der Waals surface area contributed by atoms with Crippen LogP contribution in [0.4, 0.5) is 4.79 Å². The molecule has 3 rings (SSSR count). The number of likely N-dealkylation sites (tertiary alicyclic amines) is 1. The number of rotatable bonds is 2. The van der Waals surface area contributed by atoms with E-state index in [1.54, 1.807) is 4.90 Å². The van der Waals surface area contributed by atoms with Crippen molar-refractivity contribution in [3.63, 3.8) is 0 Å². The minimum absolute atomic E-state index is 0.245. The van der Waals surface area contributed by atoms with E-state index in [0.29, 0.717) is 12.4 Å². The quantitative estimate of drug-likeness (QED) is 0.791. The van der Waals surface area contributed by atoms with Gasteiger partial charge in [-0.25, -0.2) is 4.79 Å². The average molecular weight is 422 g/mol. The lowest BCUT2D eigenvalue weighted by Crippen LogP contribution is -2.50. The highest BCUT2D eigenvalue weighted by Crippen LogP contribution is 2.31. The second-order valence-electron chi connectivity index (χ2n) is 7.89. The summed E-state index contributed by atoms with van der Waals surface area (Å²) >= 11 is 3.41. The predicted molar refractivity (Wildman–Crippen MR) is 103 cm³/mol. The number of benzene rings is 1. The molecule has 0 saturated carbocycles. The molecule has 26 heavy (non-hydrogen) atoms. The highest BCUT2D eigenvalue weighted by Gasteiger charge is 2.46. The van der Waals surface area contributed by atoms with Crippen LogP contribution in [-0.4, -0.2) is 40.9 Å². The van der Waals surface area contributed by atoms with Crippen molar-refractivity contribution < 1.29 is 14.3 Å². The van der Waals surface area contributed by atoms with Gasteiger partial charge in [0.05, 0.1) is 6.04 Å². The van der Waals surface area contributed by atoms with Gasteiger partial charge >= 0.3 is 6.09 Å². The zero-order valence-corrected chi connectivity index (χ0v) is 17.1. The Bertz CT molecular complexity index is 754. The van der Waals surface area contributed by atoms with Gasteiger partial charge < -0.3 is 10.1 Å². The van der Waals surface area contributed by atoms with E-state index in [4.69, 9.17) is 4.74 Å². The SMILES string of the molecule is CC(C)(C)OC(=O)N1CCC[C@H]1C1=NC(=O)C(C)(c2ccc(Br)cc2)N1. The lowest BCUT2D eigenvalue weighted by Gasteiger charge is -2.30. The number of ether oxygens (including phenoxy) is 1. The maximum Gasteiger partial charge on any atom is 0.410 e. The summed E-state index contributed by atoms with van der Waals surface area (Å²) in [6.45, 7) is 7.95. The second kappa shape index (κ2) is 6.68. The van der Waals surface area contributed by atoms with Crippen LogP contribution < -0.4 is 5.32 Å². The molecule has 0 radical (unpaired) electrons. The average Bonchev–Trinajstić information content (AvgIpc) is 3.12. The molecule has 1 unspecified atom stereocenters. The summed E-state index contributed by atoms with van der Waals surface area (Å²) in [7, 11) is 0. The van der Waals surface area contributed by atoms with Gasteiger partial charge in [0.25, 0.3) is 5.91 Å². The maximum atomic E-state index is 12.7. The van der Waals surface area contributed by atoms with E-state index < -0.39 is 11.1 Å². The summed E-state index contributed by atoms with van der Waals surface area (Å²) in [5, 5.41) is 3.28. The number of amidine groups is 1. The Labute approximate surface area is 162 Å². The summed E-state index contributed by atoms with van der Waals surface area (Å²) < 4.78 is 6.45. The van der Waals surface area contributed by atoms with Gasteiger partial charge in [-0.05, 0) is 58.2 Å². The number of hydrogen-bond acceptors (Lipinski definition) is 4. The molecular formula is C19H24BrN3O3. The van der Waals surface area contributed by atoms with Crippen LogP contribution in [-0.2, 0) is 15.1 Å². The molecule has 6 nitrogen and oxygen atoms in total. The smallest absolute Gasteiger partial charge is 0.410 e. The van der Waals surface area contributed by atoms with Crippen molar-refractivity contribution >= 4 is 33.8 Å². The molecular weight excluding hydrogens is 398 g/mol. The third-order valence-corrected chi connectivity index (χ3v) is 5.17. The van der Waals surface area contributed by atoms with Crippen molar-refractivity contribution in [1.29, 1.82) is 0 Å². The molecule has 1 fully saturated rings. The van der Waals surface area contributed by atoms with E-state index in [0.717, 1.165) is 22.9 Å². The first kappa shape index (κ1) is 18.9. The zero-order chi connectivity index (χ0) is 19.1. The van der Waals surface area contributed by atoms with E-state index in [1.807, 2.05) is 52.0 Å². The third kappa shape index (κ3) is 3.63. The van der Waals surface area contributed by atoms with Crippen LogP contribution >= 0.6 is 15.9 Å². The van der Waals surface area contributed by atoms with Gasteiger partial charge in [0.15, 0.2) is 0 Å². The Kier molecular flexibility index (Phi) is 4.86. The summed E-state index contributed by atoms with van der Waals surface area (Å²) in [6, 6.07) is 7.33. The fraction of sp³-hybridized carbons (Fsp3) is 0.526. The minimum Gasteiger partial charge on any atom is -0.444 e. The van der Waals surface area contributed by atoms with Crippen LogP contribution in [0.3, 0.4) is 0 Å². The van der Waals surface area contributed by atoms with Crippen LogP contribution in [0.5, 0.6) is 0 Å². The summed E-state index contributed by atoms with van der Waals surface area (Å²) in [6.07, 6.45) is 1.25. The molecule has 2 aliphatic rings. The Morgan fingerprint density at radius 1 is 1.35 bits per heavy atom. The Hall–Kier alpha value is -1.89. The molecule has 0 spiro atoms. The first-order valence-electron chi connectivity index (χ1n) is 8.77. The third-order valence-electron chi connectivity index (χ3n) is 4.65. The van der Waals surface area contributed by atoms with Gasteiger partial charge in [-0.3, -0.25) is 9.69 Å². The highest BCUT2D eigenvalue weighted by molar-refractivity contribution is 9.10. The highest BCUT2D eigenvalue weighted by atomic mass is 79.9. The van der Waals surface area contributed by atoms with E-state index >= 15 is 0 Å². The topological polar surface area (TPSA) is 71.0 Å². The van der Waals surface area contributed by atoms with Crippen LogP contribution in [0.15, 0.2) is 33.7 Å². The van der Waals surface area contributed by atoms with Gasteiger partial charge in [-0.15, -0.1) is 0 Å². The molecule has 2 heterocycles. The fourth-order valence-electron chi connectivity index (χ4n) is 3.29. The molecule has 2 amide bonds. The molecule has 2 aliphatic heterocycles. The monoisotopic (exact) mass is 421 g/mol. The van der Waals surface area contributed by atoms with Crippen LogP contribution in [0.1, 0.15) is 46.1 Å². The van der Waals surface area contributed by atoms with Crippen molar-refractivity contribution in [3.8, 4) is 0 Å². The van der Waals surface area contributed by atoms with Crippen molar-refractivity contribution in [3.05, 3.63) is 34.3 Å². The molecule has 1 saturated heterocycles. The lowest BCUT2D eigenvalue weighted by atomic mass is 9.92. The molecule has 1 aromatic carbocycles. The van der Waals surface area contributed by atoms with E-state index in [2.05, 4.69) is 26.2 Å². The van der Waals surface area contributed by atoms with E-state index in [-0.39, 0.29) is 18.0 Å². The summed E-state index contributed by atoms with van der Waals surface area (Å²) in [5.41, 5.74) is -0.638. The number of amides is 2. The van der Waals surface area contributed by atoms with Crippen LogP contribution in [0.2, 0.25) is 0 Å². The van der Waals surface area contributed by atoms with E-state index in [9.17, 15) is 9.59 Å². The molecule has 140 valence electrons. The molecule has 2 atom stereocenters.